The van der Waals surface area contributed by atoms with Gasteiger partial charge >= 0.3 is 0 Å². The molecule has 2 fully saturated rings. The normalized spacial score (nSPS) is 21.2. The molecule has 12 heteroatoms. The lowest BCUT2D eigenvalue weighted by Gasteiger charge is -2.35. The topological polar surface area (TPSA) is 106 Å². The molecule has 0 amide bonds. The summed E-state index contributed by atoms with van der Waals surface area (Å²) in [7, 11) is 0. The highest BCUT2D eigenvalue weighted by molar-refractivity contribution is 5.51. The molecule has 0 spiro atoms. The van der Waals surface area contributed by atoms with Crippen molar-refractivity contribution in [1.29, 1.82) is 0 Å². The van der Waals surface area contributed by atoms with Crippen molar-refractivity contribution in [3.8, 4) is 0 Å². The fraction of sp³-hybridized carbons (Fsp3) is 0.435. The number of nitro benzene ring substituents is 1. The molecule has 2 atom stereocenters. The number of hydrogen-bond donors (Lipinski definition) is 0. The van der Waals surface area contributed by atoms with E-state index < -0.39 is 28.2 Å². The van der Waals surface area contributed by atoms with E-state index in [1.165, 1.54) is 29.1 Å². The zero-order valence-corrected chi connectivity index (χ0v) is 19.2. The average Bonchev–Trinajstić information content (AvgIpc) is 3.52. The van der Waals surface area contributed by atoms with Gasteiger partial charge in [-0.25, -0.2) is 8.78 Å². The van der Waals surface area contributed by atoms with Crippen molar-refractivity contribution in [1.82, 2.24) is 25.1 Å². The van der Waals surface area contributed by atoms with Crippen molar-refractivity contribution in [2.75, 3.05) is 44.2 Å². The summed E-state index contributed by atoms with van der Waals surface area (Å²) in [5.74, 6) is -0.697. The van der Waals surface area contributed by atoms with Crippen LogP contribution in [0.2, 0.25) is 0 Å². The van der Waals surface area contributed by atoms with E-state index in [1.54, 1.807) is 12.1 Å². The summed E-state index contributed by atoms with van der Waals surface area (Å²) >= 11 is 0. The van der Waals surface area contributed by atoms with E-state index in [-0.39, 0.29) is 11.3 Å². The molecule has 35 heavy (non-hydrogen) atoms. The summed E-state index contributed by atoms with van der Waals surface area (Å²) in [6.07, 6.45) is 0.614. The third kappa shape index (κ3) is 4.71. The van der Waals surface area contributed by atoms with Gasteiger partial charge in [-0.2, -0.15) is 4.80 Å². The predicted octanol–water partition coefficient (Wildman–Crippen LogP) is 2.71. The quantitative estimate of drug-likeness (QED) is 0.272. The minimum atomic E-state index is -0.927. The number of nitrogens with zero attached hydrogens (tertiary/aromatic N) is 7. The van der Waals surface area contributed by atoms with Crippen molar-refractivity contribution in [3.05, 3.63) is 75.6 Å². The lowest BCUT2D eigenvalue weighted by atomic mass is 9.93. The Morgan fingerprint density at radius 3 is 2.49 bits per heavy atom. The van der Waals surface area contributed by atoms with E-state index in [2.05, 4.69) is 25.2 Å². The molecule has 2 saturated heterocycles. The third-order valence-electron chi connectivity index (χ3n) is 6.78. The number of hydrogen-bond acceptors (Lipinski definition) is 8. The van der Waals surface area contributed by atoms with Crippen LogP contribution < -0.4 is 4.90 Å². The Kier molecular flexibility index (Phi) is 6.15. The number of piperazine rings is 1. The maximum absolute atomic E-state index is 14.4. The summed E-state index contributed by atoms with van der Waals surface area (Å²) in [6.45, 7) is 6.23. The number of epoxide rings is 1. The maximum atomic E-state index is 14.4. The van der Waals surface area contributed by atoms with Gasteiger partial charge in [0.15, 0.2) is 5.82 Å². The summed E-state index contributed by atoms with van der Waals surface area (Å²) in [5, 5.41) is 23.6. The monoisotopic (exact) mass is 485 g/mol. The van der Waals surface area contributed by atoms with E-state index in [1.807, 2.05) is 6.92 Å². The van der Waals surface area contributed by atoms with Crippen molar-refractivity contribution >= 4 is 11.4 Å². The van der Waals surface area contributed by atoms with Crippen LogP contribution in [0.25, 0.3) is 0 Å². The van der Waals surface area contributed by atoms with Crippen molar-refractivity contribution in [2.45, 2.75) is 25.0 Å². The number of benzene rings is 2. The SMILES string of the molecule is CC(n1nnc(CCN2CCN(c3ccc([N+](=O)[O-])cc3)CC2)n1)C1(c2ccc(F)cc2F)CO1. The molecular formula is C23H25F2N7O3. The Morgan fingerprint density at radius 2 is 1.86 bits per heavy atom. The fourth-order valence-corrected chi connectivity index (χ4v) is 4.51. The average molecular weight is 485 g/mol. The number of ether oxygens (including phenoxy) is 1. The Morgan fingerprint density at radius 1 is 1.14 bits per heavy atom. The number of non-ortho nitro benzene ring substituents is 1. The van der Waals surface area contributed by atoms with Crippen LogP contribution >= 0.6 is 0 Å². The number of halogens is 2. The van der Waals surface area contributed by atoms with Gasteiger partial charge in [0, 0.05) is 68.6 Å². The lowest BCUT2D eigenvalue weighted by molar-refractivity contribution is -0.384. The van der Waals surface area contributed by atoms with E-state index >= 15 is 0 Å². The Hall–Kier alpha value is -3.51. The van der Waals surface area contributed by atoms with E-state index in [9.17, 15) is 18.9 Å². The van der Waals surface area contributed by atoms with Gasteiger partial charge in [-0.05, 0) is 30.3 Å². The fourth-order valence-electron chi connectivity index (χ4n) is 4.51. The van der Waals surface area contributed by atoms with E-state index in [0.717, 1.165) is 44.5 Å². The molecule has 0 bridgehead atoms. The highest BCUT2D eigenvalue weighted by atomic mass is 19.1. The molecular weight excluding hydrogens is 460 g/mol. The molecule has 0 radical (unpaired) electrons. The highest BCUT2D eigenvalue weighted by Gasteiger charge is 2.54. The smallest absolute Gasteiger partial charge is 0.269 e. The largest absolute Gasteiger partial charge is 0.369 e. The number of rotatable bonds is 8. The Labute approximate surface area is 200 Å². The van der Waals surface area contributed by atoms with Gasteiger partial charge in [-0.3, -0.25) is 15.0 Å². The standard InChI is InChI=1S/C23H25F2N7O3/c1-16(23(15-35-23)20-7-2-17(24)14-21(20)25)31-27-22(26-28-31)8-9-29-10-12-30(13-11-29)18-3-5-19(6-4-18)32(33)34/h2-7,14,16H,8-13,15H2,1H3. The molecule has 0 aliphatic carbocycles. The van der Waals surface area contributed by atoms with Crippen molar-refractivity contribution < 1.29 is 18.4 Å². The minimum absolute atomic E-state index is 0.0872. The molecule has 3 heterocycles. The van der Waals surface area contributed by atoms with Gasteiger partial charge in [0.05, 0.1) is 11.5 Å². The molecule has 1 aromatic heterocycles. The number of nitro groups is 1. The van der Waals surface area contributed by atoms with Crippen LogP contribution in [0.5, 0.6) is 0 Å². The molecule has 2 aromatic carbocycles. The summed E-state index contributed by atoms with van der Waals surface area (Å²) in [5.41, 5.74) is 0.423. The first-order chi connectivity index (χ1) is 16.9. The zero-order valence-electron chi connectivity index (χ0n) is 19.2. The molecule has 0 N–H and O–H groups in total. The second kappa shape index (κ2) is 9.27. The van der Waals surface area contributed by atoms with Crippen molar-refractivity contribution in [2.24, 2.45) is 0 Å². The van der Waals surface area contributed by atoms with Gasteiger partial charge in [-0.15, -0.1) is 10.2 Å². The van der Waals surface area contributed by atoms with E-state index in [0.29, 0.717) is 18.9 Å². The second-order valence-corrected chi connectivity index (χ2v) is 8.86. The lowest BCUT2D eigenvalue weighted by Crippen LogP contribution is -2.47. The van der Waals surface area contributed by atoms with E-state index in [4.69, 9.17) is 4.74 Å². The van der Waals surface area contributed by atoms with Crippen LogP contribution in [0.4, 0.5) is 20.2 Å². The molecule has 5 rings (SSSR count). The third-order valence-corrected chi connectivity index (χ3v) is 6.78. The number of tetrazole rings is 1. The maximum Gasteiger partial charge on any atom is 0.269 e. The molecule has 184 valence electrons. The van der Waals surface area contributed by atoms with Gasteiger partial charge in [-0.1, -0.05) is 6.07 Å². The summed E-state index contributed by atoms with van der Waals surface area (Å²) < 4.78 is 33.3. The first kappa shape index (κ1) is 23.2. The molecule has 2 aliphatic rings. The molecule has 2 aliphatic heterocycles. The van der Waals surface area contributed by atoms with Gasteiger partial charge in [0.2, 0.25) is 0 Å². The van der Waals surface area contributed by atoms with Crippen LogP contribution in [-0.2, 0) is 16.8 Å². The molecule has 0 saturated carbocycles. The van der Waals surface area contributed by atoms with Crippen LogP contribution in [0, 0.1) is 21.7 Å². The van der Waals surface area contributed by atoms with Gasteiger partial charge < -0.3 is 9.64 Å². The van der Waals surface area contributed by atoms with Crippen LogP contribution in [0.15, 0.2) is 42.5 Å². The first-order valence-electron chi connectivity index (χ1n) is 11.5. The summed E-state index contributed by atoms with van der Waals surface area (Å²) in [4.78, 5) is 16.4. The highest BCUT2D eigenvalue weighted by Crippen LogP contribution is 2.48. The Bertz CT molecular complexity index is 1210. The predicted molar refractivity (Wildman–Crippen MR) is 122 cm³/mol. The number of anilines is 1. The van der Waals surface area contributed by atoms with Crippen LogP contribution in [0.3, 0.4) is 0 Å². The zero-order chi connectivity index (χ0) is 24.6. The van der Waals surface area contributed by atoms with Crippen LogP contribution in [0.1, 0.15) is 24.4 Å². The Balaban J connectivity index is 1.14. The van der Waals surface area contributed by atoms with Gasteiger partial charge in [0.25, 0.3) is 5.69 Å². The molecule has 3 aromatic rings. The van der Waals surface area contributed by atoms with Gasteiger partial charge in [0.1, 0.15) is 23.3 Å². The number of aromatic nitrogens is 4. The molecule has 10 nitrogen and oxygen atoms in total. The second-order valence-electron chi connectivity index (χ2n) is 8.86. The summed E-state index contributed by atoms with van der Waals surface area (Å²) in [6, 6.07) is 9.69. The molecule has 2 unspecified atom stereocenters. The van der Waals surface area contributed by atoms with Crippen LogP contribution in [-0.4, -0.2) is 69.4 Å². The first-order valence-corrected chi connectivity index (χ1v) is 11.5. The minimum Gasteiger partial charge on any atom is -0.369 e. The van der Waals surface area contributed by atoms with Crippen molar-refractivity contribution in [3.63, 3.8) is 0 Å².